The normalized spacial score (nSPS) is 14.4. The number of aliphatic carboxylic acids is 1. The van der Waals surface area contributed by atoms with E-state index in [0.29, 0.717) is 19.4 Å². The third-order valence-electron chi connectivity index (χ3n) is 4.83. The fraction of sp³-hybridized carbons (Fsp3) is 0.524. The van der Waals surface area contributed by atoms with E-state index in [1.165, 1.54) is 0 Å². The number of rotatable bonds is 15. The molecule has 0 spiro atoms. The summed E-state index contributed by atoms with van der Waals surface area (Å²) in [7, 11) is 0. The van der Waals surface area contributed by atoms with Crippen LogP contribution in [0.4, 0.5) is 0 Å². The lowest BCUT2D eigenvalue weighted by molar-refractivity contribution is -0.142. The molecule has 0 saturated heterocycles. The van der Waals surface area contributed by atoms with Crippen LogP contribution in [0.1, 0.15) is 24.8 Å². The SMILES string of the molecule is NCCCCC(NC(=O)C(CO)NC(=O)C(CO)NC(=O)C(N)Cc1ccccc1)C(=O)O. The van der Waals surface area contributed by atoms with Gasteiger partial charge in [-0.2, -0.15) is 0 Å². The summed E-state index contributed by atoms with van der Waals surface area (Å²) in [5.41, 5.74) is 12.1. The molecule has 4 unspecified atom stereocenters. The van der Waals surface area contributed by atoms with Gasteiger partial charge >= 0.3 is 5.97 Å². The van der Waals surface area contributed by atoms with Gasteiger partial charge in [0, 0.05) is 0 Å². The molecular weight excluding hydrogens is 434 g/mol. The predicted molar refractivity (Wildman–Crippen MR) is 119 cm³/mol. The quantitative estimate of drug-likeness (QED) is 0.125. The van der Waals surface area contributed by atoms with Crippen molar-refractivity contribution in [1.82, 2.24) is 16.0 Å². The van der Waals surface area contributed by atoms with E-state index in [4.69, 9.17) is 11.5 Å². The summed E-state index contributed by atoms with van der Waals surface area (Å²) in [5, 5.41) is 35.0. The van der Waals surface area contributed by atoms with Gasteiger partial charge in [0.05, 0.1) is 19.3 Å². The Hall–Kier alpha value is -3.06. The number of nitrogens with one attached hydrogen (secondary N) is 3. The Balaban J connectivity index is 2.67. The summed E-state index contributed by atoms with van der Waals surface area (Å²) < 4.78 is 0. The number of carboxylic acids is 1. The van der Waals surface area contributed by atoms with E-state index in [1.54, 1.807) is 24.3 Å². The van der Waals surface area contributed by atoms with Crippen molar-refractivity contribution >= 4 is 23.7 Å². The van der Waals surface area contributed by atoms with Gasteiger partial charge in [0.25, 0.3) is 0 Å². The molecule has 4 atom stereocenters. The van der Waals surface area contributed by atoms with E-state index >= 15 is 0 Å². The maximum atomic E-state index is 12.4. The Morgan fingerprint density at radius 1 is 0.818 bits per heavy atom. The van der Waals surface area contributed by atoms with E-state index in [9.17, 15) is 34.5 Å². The van der Waals surface area contributed by atoms with Gasteiger partial charge in [-0.15, -0.1) is 0 Å². The highest BCUT2D eigenvalue weighted by molar-refractivity contribution is 5.94. The zero-order valence-electron chi connectivity index (χ0n) is 18.3. The molecule has 0 bridgehead atoms. The molecule has 12 nitrogen and oxygen atoms in total. The first kappa shape index (κ1) is 28.0. The van der Waals surface area contributed by atoms with Crippen LogP contribution in [0.2, 0.25) is 0 Å². The third kappa shape index (κ3) is 9.95. The molecule has 0 aliphatic rings. The molecule has 33 heavy (non-hydrogen) atoms. The van der Waals surface area contributed by atoms with Gasteiger partial charge in [-0.25, -0.2) is 4.79 Å². The molecule has 0 heterocycles. The zero-order chi connectivity index (χ0) is 24.8. The number of carbonyl (C=O) groups is 4. The number of unbranched alkanes of at least 4 members (excludes halogenated alkanes) is 1. The van der Waals surface area contributed by atoms with Crippen molar-refractivity contribution in [3.8, 4) is 0 Å². The first-order chi connectivity index (χ1) is 15.7. The molecule has 0 aromatic heterocycles. The summed E-state index contributed by atoms with van der Waals surface area (Å²) >= 11 is 0. The lowest BCUT2D eigenvalue weighted by atomic mass is 10.1. The van der Waals surface area contributed by atoms with Crippen LogP contribution in [0.25, 0.3) is 0 Å². The van der Waals surface area contributed by atoms with Gasteiger partial charge < -0.3 is 42.7 Å². The molecule has 0 fully saturated rings. The second-order valence-electron chi connectivity index (χ2n) is 7.47. The van der Waals surface area contributed by atoms with Gasteiger partial charge in [0.15, 0.2) is 0 Å². The van der Waals surface area contributed by atoms with Crippen LogP contribution in [-0.4, -0.2) is 82.9 Å². The molecule has 1 aromatic rings. The van der Waals surface area contributed by atoms with Gasteiger partial charge in [0.2, 0.25) is 17.7 Å². The van der Waals surface area contributed by atoms with Crippen molar-refractivity contribution in [2.75, 3.05) is 19.8 Å². The summed E-state index contributed by atoms with van der Waals surface area (Å²) in [5.74, 6) is -3.82. The number of benzene rings is 1. The van der Waals surface area contributed by atoms with Gasteiger partial charge in [0.1, 0.15) is 18.1 Å². The van der Waals surface area contributed by atoms with E-state index in [0.717, 1.165) is 5.56 Å². The molecule has 12 heteroatoms. The van der Waals surface area contributed by atoms with Crippen LogP contribution in [-0.2, 0) is 25.6 Å². The van der Waals surface area contributed by atoms with Crippen molar-refractivity contribution < 1.29 is 34.5 Å². The number of nitrogens with two attached hydrogens (primary N) is 2. The lowest BCUT2D eigenvalue weighted by Crippen LogP contribution is -2.59. The van der Waals surface area contributed by atoms with Crippen molar-refractivity contribution in [3.05, 3.63) is 35.9 Å². The van der Waals surface area contributed by atoms with E-state index in [1.807, 2.05) is 6.07 Å². The number of aliphatic hydroxyl groups is 2. The number of hydrogen-bond donors (Lipinski definition) is 8. The van der Waals surface area contributed by atoms with E-state index in [2.05, 4.69) is 16.0 Å². The average Bonchev–Trinajstić information content (AvgIpc) is 2.80. The summed E-state index contributed by atoms with van der Waals surface area (Å²) in [4.78, 5) is 48.5. The predicted octanol–water partition coefficient (Wildman–Crippen LogP) is -2.79. The van der Waals surface area contributed by atoms with Crippen LogP contribution >= 0.6 is 0 Å². The van der Waals surface area contributed by atoms with Crippen LogP contribution in [0.15, 0.2) is 30.3 Å². The maximum Gasteiger partial charge on any atom is 0.326 e. The Morgan fingerprint density at radius 2 is 1.33 bits per heavy atom. The molecule has 0 saturated carbocycles. The maximum absolute atomic E-state index is 12.4. The van der Waals surface area contributed by atoms with Crippen LogP contribution in [0.5, 0.6) is 0 Å². The van der Waals surface area contributed by atoms with Gasteiger partial charge in [-0.05, 0) is 37.8 Å². The Bertz CT molecular complexity index is 778. The monoisotopic (exact) mass is 467 g/mol. The Kier molecular flexibility index (Phi) is 12.6. The fourth-order valence-corrected chi connectivity index (χ4v) is 2.92. The lowest BCUT2D eigenvalue weighted by Gasteiger charge is -2.23. The van der Waals surface area contributed by atoms with Crippen molar-refractivity contribution in [1.29, 1.82) is 0 Å². The van der Waals surface area contributed by atoms with Crippen LogP contribution < -0.4 is 27.4 Å². The Labute approximate surface area is 191 Å². The second kappa shape index (κ2) is 14.9. The molecule has 0 radical (unpaired) electrons. The topological polar surface area (TPSA) is 217 Å². The molecule has 1 rings (SSSR count). The number of amides is 3. The first-order valence-electron chi connectivity index (χ1n) is 10.6. The van der Waals surface area contributed by atoms with Crippen LogP contribution in [0, 0.1) is 0 Å². The van der Waals surface area contributed by atoms with E-state index in [-0.39, 0.29) is 12.8 Å². The van der Waals surface area contributed by atoms with Gasteiger partial charge in [-0.3, -0.25) is 14.4 Å². The smallest absolute Gasteiger partial charge is 0.326 e. The summed E-state index contributed by atoms with van der Waals surface area (Å²) in [6.45, 7) is -1.24. The summed E-state index contributed by atoms with van der Waals surface area (Å²) in [6.07, 6.45) is 1.36. The second-order valence-corrected chi connectivity index (χ2v) is 7.47. The van der Waals surface area contributed by atoms with Crippen molar-refractivity contribution in [2.45, 2.75) is 49.9 Å². The third-order valence-corrected chi connectivity index (χ3v) is 4.83. The van der Waals surface area contributed by atoms with Gasteiger partial charge in [-0.1, -0.05) is 30.3 Å². The number of carboxylic acid groups (broad SMARTS) is 1. The summed E-state index contributed by atoms with van der Waals surface area (Å²) in [6, 6.07) is 3.83. The molecule has 10 N–H and O–H groups in total. The molecule has 184 valence electrons. The number of aliphatic hydroxyl groups excluding tert-OH is 2. The average molecular weight is 468 g/mol. The number of carbonyl (C=O) groups excluding carboxylic acids is 3. The van der Waals surface area contributed by atoms with Crippen LogP contribution in [0.3, 0.4) is 0 Å². The molecule has 1 aromatic carbocycles. The molecule has 0 aliphatic carbocycles. The molecule has 3 amide bonds. The highest BCUT2D eigenvalue weighted by atomic mass is 16.4. The first-order valence-corrected chi connectivity index (χ1v) is 10.6. The minimum Gasteiger partial charge on any atom is -0.480 e. The molecular formula is C21H33N5O7. The van der Waals surface area contributed by atoms with Crippen molar-refractivity contribution in [3.63, 3.8) is 0 Å². The molecule has 0 aliphatic heterocycles. The zero-order valence-corrected chi connectivity index (χ0v) is 18.3. The highest BCUT2D eigenvalue weighted by Gasteiger charge is 2.29. The Morgan fingerprint density at radius 3 is 1.82 bits per heavy atom. The van der Waals surface area contributed by atoms with E-state index < -0.39 is 61.1 Å². The minimum absolute atomic E-state index is 0.124. The standard InChI is InChI=1S/C21H33N5O7/c22-9-5-4-8-15(21(32)33)24-19(30)17(12-28)26-20(31)16(11-27)25-18(29)14(23)10-13-6-2-1-3-7-13/h1-3,6-7,14-17,27-28H,4-5,8-12,22-23H2,(H,24,30)(H,25,29)(H,26,31)(H,32,33). The van der Waals surface area contributed by atoms with Crippen molar-refractivity contribution in [2.24, 2.45) is 11.5 Å². The largest absolute Gasteiger partial charge is 0.480 e. The fourth-order valence-electron chi connectivity index (χ4n) is 2.92. The minimum atomic E-state index is -1.49. The number of hydrogen-bond acceptors (Lipinski definition) is 8. The highest BCUT2D eigenvalue weighted by Crippen LogP contribution is 2.03.